The summed E-state index contributed by atoms with van der Waals surface area (Å²) >= 11 is 1.78. The predicted octanol–water partition coefficient (Wildman–Crippen LogP) is 4.04. The van der Waals surface area contributed by atoms with Gasteiger partial charge in [0.05, 0.1) is 5.03 Å². The van der Waals surface area contributed by atoms with Gasteiger partial charge in [-0.15, -0.1) is 11.8 Å². The van der Waals surface area contributed by atoms with E-state index in [1.165, 1.54) is 11.1 Å². The van der Waals surface area contributed by atoms with E-state index in [1.54, 1.807) is 11.8 Å². The highest BCUT2D eigenvalue weighted by Crippen LogP contribution is 2.22. The zero-order chi connectivity index (χ0) is 13.5. The highest BCUT2D eigenvalue weighted by Gasteiger charge is 2.04. The molecular formula is C16H20N2S. The number of hydrogen-bond donors (Lipinski definition) is 1. The maximum atomic E-state index is 4.52. The molecule has 1 heterocycles. The van der Waals surface area contributed by atoms with Crippen molar-refractivity contribution in [3.63, 3.8) is 0 Å². The van der Waals surface area contributed by atoms with E-state index in [0.29, 0.717) is 6.04 Å². The molecule has 0 amide bonds. The third-order valence-electron chi connectivity index (χ3n) is 3.00. The van der Waals surface area contributed by atoms with Crippen LogP contribution in [0.5, 0.6) is 0 Å². The molecule has 0 fully saturated rings. The summed E-state index contributed by atoms with van der Waals surface area (Å²) in [6, 6.07) is 15.1. The minimum Gasteiger partial charge on any atom is -0.310 e. The Bertz CT molecular complexity index is 482. The fraction of sp³-hybridized carbons (Fsp3) is 0.312. The first-order valence-electron chi connectivity index (χ1n) is 6.65. The quantitative estimate of drug-likeness (QED) is 0.803. The first-order chi connectivity index (χ1) is 9.29. The maximum Gasteiger partial charge on any atom is 0.0963 e. The van der Waals surface area contributed by atoms with Crippen LogP contribution in [0.3, 0.4) is 0 Å². The van der Waals surface area contributed by atoms with Gasteiger partial charge in [0, 0.05) is 18.0 Å². The second-order valence-electron chi connectivity index (χ2n) is 4.48. The molecule has 3 heteroatoms. The lowest BCUT2D eigenvalue weighted by atomic mass is 10.1. The molecule has 0 aliphatic carbocycles. The van der Waals surface area contributed by atoms with Gasteiger partial charge in [-0.3, -0.25) is 0 Å². The van der Waals surface area contributed by atoms with Crippen LogP contribution in [-0.2, 0) is 5.75 Å². The Labute approximate surface area is 119 Å². The summed E-state index contributed by atoms with van der Waals surface area (Å²) < 4.78 is 0. The molecule has 2 aromatic rings. The average molecular weight is 272 g/mol. The predicted molar refractivity (Wildman–Crippen MR) is 82.3 cm³/mol. The van der Waals surface area contributed by atoms with Gasteiger partial charge >= 0.3 is 0 Å². The number of rotatable bonds is 6. The van der Waals surface area contributed by atoms with Crippen molar-refractivity contribution >= 4 is 11.8 Å². The zero-order valence-corrected chi connectivity index (χ0v) is 12.3. The van der Waals surface area contributed by atoms with Gasteiger partial charge in [0.25, 0.3) is 0 Å². The summed E-state index contributed by atoms with van der Waals surface area (Å²) in [6.07, 6.45) is 1.97. The molecule has 0 bridgehead atoms. The third kappa shape index (κ3) is 4.37. The van der Waals surface area contributed by atoms with Crippen molar-refractivity contribution < 1.29 is 0 Å². The highest BCUT2D eigenvalue weighted by molar-refractivity contribution is 7.98. The van der Waals surface area contributed by atoms with Crippen LogP contribution in [0.1, 0.15) is 31.0 Å². The molecule has 1 N–H and O–H groups in total. The van der Waals surface area contributed by atoms with Gasteiger partial charge in [-0.25, -0.2) is 4.98 Å². The van der Waals surface area contributed by atoms with E-state index < -0.39 is 0 Å². The largest absolute Gasteiger partial charge is 0.310 e. The third-order valence-corrected chi connectivity index (χ3v) is 4.01. The summed E-state index contributed by atoms with van der Waals surface area (Å²) in [5, 5.41) is 4.47. The van der Waals surface area contributed by atoms with E-state index >= 15 is 0 Å². The Kier molecular flexibility index (Phi) is 5.43. The Balaban J connectivity index is 1.92. The van der Waals surface area contributed by atoms with Crippen LogP contribution < -0.4 is 5.32 Å². The van der Waals surface area contributed by atoms with E-state index in [-0.39, 0.29) is 0 Å². The Morgan fingerprint density at radius 3 is 2.58 bits per heavy atom. The number of nitrogens with one attached hydrogen (secondary N) is 1. The number of aromatic nitrogens is 1. The normalized spacial score (nSPS) is 12.3. The minimum absolute atomic E-state index is 0.366. The lowest BCUT2D eigenvalue weighted by Gasteiger charge is -2.12. The summed E-state index contributed by atoms with van der Waals surface area (Å²) in [5.41, 5.74) is 2.57. The molecule has 0 spiro atoms. The Hall–Kier alpha value is -1.32. The van der Waals surface area contributed by atoms with Crippen molar-refractivity contribution in [2.45, 2.75) is 30.7 Å². The van der Waals surface area contributed by atoms with Crippen molar-refractivity contribution in [2.75, 3.05) is 6.54 Å². The summed E-state index contributed by atoms with van der Waals surface area (Å²) in [5.74, 6) is 0.968. The molecule has 1 aromatic heterocycles. The van der Waals surface area contributed by atoms with Crippen LogP contribution in [0.4, 0.5) is 0 Å². The van der Waals surface area contributed by atoms with E-state index in [2.05, 4.69) is 60.5 Å². The van der Waals surface area contributed by atoms with Crippen LogP contribution in [-0.4, -0.2) is 11.5 Å². The van der Waals surface area contributed by atoms with Crippen molar-refractivity contribution in [1.82, 2.24) is 10.3 Å². The summed E-state index contributed by atoms with van der Waals surface area (Å²) in [6.45, 7) is 5.26. The molecule has 1 aromatic carbocycles. The van der Waals surface area contributed by atoms with Gasteiger partial charge in [-0.05, 0) is 30.7 Å². The SMILES string of the molecule is CCNC(C)c1ccc(SCc2ccccc2)nc1. The molecule has 1 atom stereocenters. The highest BCUT2D eigenvalue weighted by atomic mass is 32.2. The topological polar surface area (TPSA) is 24.9 Å². The standard InChI is InChI=1S/C16H20N2S/c1-3-17-13(2)15-9-10-16(18-11-15)19-12-14-7-5-4-6-8-14/h4-11,13,17H,3,12H2,1-2H3. The lowest BCUT2D eigenvalue weighted by molar-refractivity contribution is 0.595. The molecule has 0 aliphatic rings. The van der Waals surface area contributed by atoms with Crippen molar-refractivity contribution in [1.29, 1.82) is 0 Å². The molecule has 0 saturated heterocycles. The van der Waals surface area contributed by atoms with Gasteiger partial charge in [0.15, 0.2) is 0 Å². The molecule has 0 aliphatic heterocycles. The van der Waals surface area contributed by atoms with E-state index in [1.807, 2.05) is 12.3 Å². The minimum atomic E-state index is 0.366. The van der Waals surface area contributed by atoms with Gasteiger partial charge in [-0.1, -0.05) is 43.3 Å². The Morgan fingerprint density at radius 2 is 1.95 bits per heavy atom. The first kappa shape index (κ1) is 14.1. The molecule has 0 radical (unpaired) electrons. The van der Waals surface area contributed by atoms with Crippen LogP contribution in [0.25, 0.3) is 0 Å². The fourth-order valence-corrected chi connectivity index (χ4v) is 2.69. The number of benzene rings is 1. The average Bonchev–Trinajstić information content (AvgIpc) is 2.47. The number of thioether (sulfide) groups is 1. The molecule has 100 valence electrons. The van der Waals surface area contributed by atoms with Gasteiger partial charge in [0.1, 0.15) is 0 Å². The first-order valence-corrected chi connectivity index (χ1v) is 7.64. The van der Waals surface area contributed by atoms with E-state index in [9.17, 15) is 0 Å². The van der Waals surface area contributed by atoms with Crippen LogP contribution in [0.15, 0.2) is 53.7 Å². The second kappa shape index (κ2) is 7.31. The molecule has 2 nitrogen and oxygen atoms in total. The van der Waals surface area contributed by atoms with Crippen LogP contribution >= 0.6 is 11.8 Å². The van der Waals surface area contributed by atoms with Gasteiger partial charge in [-0.2, -0.15) is 0 Å². The smallest absolute Gasteiger partial charge is 0.0963 e. The fourth-order valence-electron chi connectivity index (χ4n) is 1.89. The van der Waals surface area contributed by atoms with Crippen LogP contribution in [0.2, 0.25) is 0 Å². The second-order valence-corrected chi connectivity index (χ2v) is 5.48. The van der Waals surface area contributed by atoms with Crippen molar-refractivity contribution in [3.8, 4) is 0 Å². The molecule has 0 saturated carbocycles. The van der Waals surface area contributed by atoms with E-state index in [0.717, 1.165) is 17.3 Å². The Morgan fingerprint density at radius 1 is 1.16 bits per heavy atom. The number of hydrogen-bond acceptors (Lipinski definition) is 3. The monoisotopic (exact) mass is 272 g/mol. The van der Waals surface area contributed by atoms with Gasteiger partial charge in [0.2, 0.25) is 0 Å². The van der Waals surface area contributed by atoms with E-state index in [4.69, 9.17) is 0 Å². The lowest BCUT2D eigenvalue weighted by Crippen LogP contribution is -2.17. The summed E-state index contributed by atoms with van der Waals surface area (Å²) in [7, 11) is 0. The molecular weight excluding hydrogens is 252 g/mol. The van der Waals surface area contributed by atoms with Gasteiger partial charge < -0.3 is 5.32 Å². The number of nitrogens with zero attached hydrogens (tertiary/aromatic N) is 1. The zero-order valence-electron chi connectivity index (χ0n) is 11.5. The maximum absolute atomic E-state index is 4.52. The molecule has 2 rings (SSSR count). The summed E-state index contributed by atoms with van der Waals surface area (Å²) in [4.78, 5) is 4.52. The van der Waals surface area contributed by atoms with Crippen LogP contribution in [0, 0.1) is 0 Å². The van der Waals surface area contributed by atoms with Crippen molar-refractivity contribution in [3.05, 3.63) is 59.8 Å². The molecule has 19 heavy (non-hydrogen) atoms. The molecule has 1 unspecified atom stereocenters. The number of pyridine rings is 1. The van der Waals surface area contributed by atoms with Crippen molar-refractivity contribution in [2.24, 2.45) is 0 Å².